The molecule has 11 nitrogen and oxygen atoms in total. The van der Waals surface area contributed by atoms with E-state index in [1.807, 2.05) is 72.8 Å². The van der Waals surface area contributed by atoms with E-state index in [1.54, 1.807) is 24.3 Å². The minimum Gasteiger partial charge on any atom is -0.480 e. The zero-order valence-electron chi connectivity index (χ0n) is 26.2. The fourth-order valence-corrected chi connectivity index (χ4v) is 5.50. The molecule has 0 spiro atoms. The Hall–Kier alpha value is -5.84. The van der Waals surface area contributed by atoms with Crippen molar-refractivity contribution in [1.82, 2.24) is 15.5 Å². The number of alkyl carbamates (subject to hydrolysis) is 2. The van der Waals surface area contributed by atoms with Gasteiger partial charge in [-0.15, -0.1) is 0 Å². The number of hydrogen-bond donors (Lipinski definition) is 3. The highest BCUT2D eigenvalue weighted by Gasteiger charge is 2.29. The Morgan fingerprint density at radius 2 is 1.21 bits per heavy atom. The number of carboxylic acids is 1. The molecule has 1 atom stereocenters. The standard InChI is InChI=1S/C37H37N3O8/c41-34(42)33(39-36(44)46-23-26-11-3-1-4-12-26)19-21-40(37(45)48-24-27-13-5-2-6-14-27)22-20-38-35(43)47-25-32-30-17-9-7-15-28(30)29-16-8-10-18-31(29)32/h1-18,32-33H,19-25H2,(H,38,43)(H,39,44)(H,41,42)/t33-/m0/s1. The van der Waals surface area contributed by atoms with Gasteiger partial charge in [-0.3, -0.25) is 0 Å². The lowest BCUT2D eigenvalue weighted by Crippen LogP contribution is -2.45. The van der Waals surface area contributed by atoms with Crippen molar-refractivity contribution in [1.29, 1.82) is 0 Å². The lowest BCUT2D eigenvalue weighted by Gasteiger charge is -2.24. The van der Waals surface area contributed by atoms with Crippen molar-refractivity contribution >= 4 is 24.2 Å². The van der Waals surface area contributed by atoms with Crippen molar-refractivity contribution in [2.24, 2.45) is 0 Å². The molecular weight excluding hydrogens is 614 g/mol. The maximum Gasteiger partial charge on any atom is 0.410 e. The molecule has 0 saturated carbocycles. The van der Waals surface area contributed by atoms with E-state index in [-0.39, 0.29) is 51.8 Å². The molecule has 11 heteroatoms. The van der Waals surface area contributed by atoms with Gasteiger partial charge in [-0.05, 0) is 39.8 Å². The van der Waals surface area contributed by atoms with Gasteiger partial charge in [0.05, 0.1) is 0 Å². The fraction of sp³-hybridized carbons (Fsp3) is 0.243. The molecule has 1 aliphatic carbocycles. The van der Waals surface area contributed by atoms with Crippen LogP contribution in [0.1, 0.15) is 34.6 Å². The summed E-state index contributed by atoms with van der Waals surface area (Å²) >= 11 is 0. The van der Waals surface area contributed by atoms with Crippen LogP contribution < -0.4 is 10.6 Å². The molecule has 248 valence electrons. The molecule has 4 aromatic carbocycles. The molecule has 0 bridgehead atoms. The van der Waals surface area contributed by atoms with Gasteiger partial charge in [0.1, 0.15) is 25.9 Å². The van der Waals surface area contributed by atoms with Gasteiger partial charge in [0.15, 0.2) is 0 Å². The van der Waals surface area contributed by atoms with Gasteiger partial charge >= 0.3 is 24.2 Å². The monoisotopic (exact) mass is 651 g/mol. The Bertz CT molecular complexity index is 1650. The second-order valence-electron chi connectivity index (χ2n) is 11.2. The van der Waals surface area contributed by atoms with E-state index in [4.69, 9.17) is 14.2 Å². The number of benzene rings is 4. The molecule has 0 aromatic heterocycles. The molecule has 3 N–H and O–H groups in total. The highest BCUT2D eigenvalue weighted by molar-refractivity contribution is 5.80. The first-order valence-corrected chi connectivity index (χ1v) is 15.6. The SMILES string of the molecule is O=C(NCCN(CC[C@H](NC(=O)OCc1ccccc1)C(=O)O)C(=O)OCc1ccccc1)OCC1c2ccccc2-c2ccccc21. The minimum atomic E-state index is -1.34. The van der Waals surface area contributed by atoms with E-state index >= 15 is 0 Å². The van der Waals surface area contributed by atoms with E-state index < -0.39 is 30.3 Å². The summed E-state index contributed by atoms with van der Waals surface area (Å²) in [4.78, 5) is 51.4. The van der Waals surface area contributed by atoms with E-state index in [0.29, 0.717) is 0 Å². The number of ether oxygens (including phenoxy) is 3. The summed E-state index contributed by atoms with van der Waals surface area (Å²) in [6, 6.07) is 32.8. The quantitative estimate of drug-likeness (QED) is 0.142. The fourth-order valence-electron chi connectivity index (χ4n) is 5.50. The molecule has 3 amide bonds. The molecule has 1 aliphatic rings. The summed E-state index contributed by atoms with van der Waals surface area (Å²) in [7, 11) is 0. The number of amides is 3. The van der Waals surface area contributed by atoms with Crippen LogP contribution >= 0.6 is 0 Å². The molecule has 0 heterocycles. The predicted molar refractivity (Wildman–Crippen MR) is 177 cm³/mol. The third kappa shape index (κ3) is 9.12. The minimum absolute atomic E-state index is 0.00238. The molecule has 5 rings (SSSR count). The Morgan fingerprint density at radius 3 is 1.79 bits per heavy atom. The summed E-state index contributed by atoms with van der Waals surface area (Å²) in [5.41, 5.74) is 5.93. The van der Waals surface area contributed by atoms with Gasteiger partial charge in [0.25, 0.3) is 0 Å². The topological polar surface area (TPSA) is 144 Å². The number of fused-ring (bicyclic) bond motifs is 3. The van der Waals surface area contributed by atoms with Crippen LogP contribution in [-0.4, -0.2) is 66.5 Å². The Morgan fingerprint density at radius 1 is 0.667 bits per heavy atom. The number of carboxylic acid groups (broad SMARTS) is 1. The number of rotatable bonds is 14. The Labute approximate surface area is 278 Å². The second-order valence-corrected chi connectivity index (χ2v) is 11.2. The van der Waals surface area contributed by atoms with Gasteiger partial charge < -0.3 is 34.9 Å². The molecule has 0 aliphatic heterocycles. The number of carbonyl (C=O) groups is 4. The van der Waals surface area contributed by atoms with Crippen LogP contribution in [-0.2, 0) is 32.2 Å². The van der Waals surface area contributed by atoms with Crippen molar-refractivity contribution in [2.45, 2.75) is 31.6 Å². The zero-order valence-corrected chi connectivity index (χ0v) is 26.2. The van der Waals surface area contributed by atoms with Crippen LogP contribution in [0.5, 0.6) is 0 Å². The predicted octanol–water partition coefficient (Wildman–Crippen LogP) is 5.93. The summed E-state index contributed by atoms with van der Waals surface area (Å²) in [6.45, 7) is 0.0375. The highest BCUT2D eigenvalue weighted by Crippen LogP contribution is 2.44. The van der Waals surface area contributed by atoms with E-state index in [9.17, 15) is 24.3 Å². The highest BCUT2D eigenvalue weighted by atomic mass is 16.6. The number of nitrogens with zero attached hydrogens (tertiary/aromatic N) is 1. The first-order chi connectivity index (χ1) is 23.4. The van der Waals surface area contributed by atoms with Crippen LogP contribution in [0.4, 0.5) is 14.4 Å². The maximum absolute atomic E-state index is 13.1. The molecule has 4 aromatic rings. The van der Waals surface area contributed by atoms with Crippen LogP contribution in [0.2, 0.25) is 0 Å². The number of aliphatic carboxylic acids is 1. The van der Waals surface area contributed by atoms with E-state index in [2.05, 4.69) is 22.8 Å². The van der Waals surface area contributed by atoms with Gasteiger partial charge in [0, 0.05) is 25.6 Å². The zero-order chi connectivity index (χ0) is 33.7. The van der Waals surface area contributed by atoms with Crippen molar-refractivity contribution in [2.75, 3.05) is 26.2 Å². The number of carbonyl (C=O) groups excluding carboxylic acids is 3. The first kappa shape index (κ1) is 33.5. The number of nitrogens with one attached hydrogen (secondary N) is 2. The largest absolute Gasteiger partial charge is 0.480 e. The van der Waals surface area contributed by atoms with Crippen molar-refractivity contribution in [3.63, 3.8) is 0 Å². The van der Waals surface area contributed by atoms with Crippen LogP contribution in [0.3, 0.4) is 0 Å². The van der Waals surface area contributed by atoms with Gasteiger partial charge in [-0.1, -0.05) is 109 Å². The molecular formula is C37H37N3O8. The van der Waals surface area contributed by atoms with Crippen LogP contribution in [0, 0.1) is 0 Å². The lowest BCUT2D eigenvalue weighted by molar-refractivity contribution is -0.139. The summed E-state index contributed by atoms with van der Waals surface area (Å²) in [5, 5.41) is 14.8. The Balaban J connectivity index is 1.14. The Kier molecular flexibility index (Phi) is 11.6. The summed E-state index contributed by atoms with van der Waals surface area (Å²) < 4.78 is 16.2. The van der Waals surface area contributed by atoms with Gasteiger partial charge in [0.2, 0.25) is 0 Å². The third-order valence-corrected chi connectivity index (χ3v) is 7.95. The second kappa shape index (κ2) is 16.6. The molecule has 0 radical (unpaired) electrons. The van der Waals surface area contributed by atoms with Crippen molar-refractivity contribution < 1.29 is 38.5 Å². The lowest BCUT2D eigenvalue weighted by atomic mass is 9.98. The molecule has 0 saturated heterocycles. The number of hydrogen-bond acceptors (Lipinski definition) is 7. The normalized spacial score (nSPS) is 12.2. The van der Waals surface area contributed by atoms with E-state index in [1.165, 1.54) is 4.90 Å². The van der Waals surface area contributed by atoms with E-state index in [0.717, 1.165) is 33.4 Å². The van der Waals surface area contributed by atoms with Crippen LogP contribution in [0.25, 0.3) is 11.1 Å². The maximum atomic E-state index is 13.1. The smallest absolute Gasteiger partial charge is 0.410 e. The average molecular weight is 652 g/mol. The van der Waals surface area contributed by atoms with Gasteiger partial charge in [-0.2, -0.15) is 0 Å². The van der Waals surface area contributed by atoms with Crippen molar-refractivity contribution in [3.8, 4) is 11.1 Å². The molecule has 0 unspecified atom stereocenters. The molecule has 48 heavy (non-hydrogen) atoms. The average Bonchev–Trinajstić information content (AvgIpc) is 3.43. The van der Waals surface area contributed by atoms with Crippen molar-refractivity contribution in [3.05, 3.63) is 131 Å². The summed E-state index contributed by atoms with van der Waals surface area (Å²) in [6.07, 6.45) is -2.40. The van der Waals surface area contributed by atoms with Gasteiger partial charge in [-0.25, -0.2) is 19.2 Å². The van der Waals surface area contributed by atoms with Crippen LogP contribution in [0.15, 0.2) is 109 Å². The summed E-state index contributed by atoms with van der Waals surface area (Å²) in [5.74, 6) is -1.39. The third-order valence-electron chi connectivity index (χ3n) is 7.95. The first-order valence-electron chi connectivity index (χ1n) is 15.6. The molecule has 0 fully saturated rings.